The van der Waals surface area contributed by atoms with Crippen LogP contribution in [0.25, 0.3) is 0 Å². The zero-order valence-electron chi connectivity index (χ0n) is 14.8. The third-order valence-corrected chi connectivity index (χ3v) is 5.46. The van der Waals surface area contributed by atoms with E-state index in [2.05, 4.69) is 5.32 Å². The van der Waals surface area contributed by atoms with Crippen LogP contribution in [0.15, 0.2) is 24.3 Å². The minimum Gasteiger partial charge on any atom is -0.378 e. The van der Waals surface area contributed by atoms with Crippen molar-refractivity contribution in [3.8, 4) is 0 Å². The monoisotopic (exact) mass is 354 g/mol. The third-order valence-electron chi connectivity index (χ3n) is 5.21. The van der Waals surface area contributed by atoms with Crippen molar-refractivity contribution >= 4 is 17.5 Å². The van der Waals surface area contributed by atoms with E-state index in [1.165, 1.54) is 0 Å². The Kier molecular flexibility index (Phi) is 5.91. The van der Waals surface area contributed by atoms with Crippen LogP contribution < -0.4 is 11.1 Å². The highest BCUT2D eigenvalue weighted by atomic mass is 35.5. The molecule has 3 unspecified atom stereocenters. The van der Waals surface area contributed by atoms with Crippen LogP contribution >= 0.6 is 11.6 Å². The van der Waals surface area contributed by atoms with Crippen molar-refractivity contribution in [1.82, 2.24) is 5.32 Å². The minimum atomic E-state index is -0.925. The van der Waals surface area contributed by atoms with Gasteiger partial charge in [0.15, 0.2) is 0 Å². The van der Waals surface area contributed by atoms with Crippen molar-refractivity contribution in [2.45, 2.75) is 44.9 Å². The van der Waals surface area contributed by atoms with Gasteiger partial charge in [0.1, 0.15) is 5.54 Å². The maximum atomic E-state index is 12.6. The van der Waals surface area contributed by atoms with Crippen LogP contribution in [0.5, 0.6) is 0 Å². The quantitative estimate of drug-likeness (QED) is 0.789. The van der Waals surface area contributed by atoms with Crippen molar-refractivity contribution in [2.24, 2.45) is 11.1 Å². The van der Waals surface area contributed by atoms with Crippen LogP contribution in [-0.2, 0) is 14.3 Å². The van der Waals surface area contributed by atoms with Crippen LogP contribution in [-0.4, -0.2) is 37.8 Å². The minimum absolute atomic E-state index is 0.00716. The lowest BCUT2D eigenvalue weighted by molar-refractivity contribution is -0.171. The number of carbonyl (C=O) groups is 1. The van der Waals surface area contributed by atoms with Gasteiger partial charge in [0.25, 0.3) is 0 Å². The maximum Gasteiger partial charge on any atom is 0.240 e. The molecule has 2 rings (SSSR count). The van der Waals surface area contributed by atoms with Gasteiger partial charge < -0.3 is 20.5 Å². The van der Waals surface area contributed by atoms with Crippen molar-refractivity contribution in [3.63, 3.8) is 0 Å². The maximum absolute atomic E-state index is 12.6. The van der Waals surface area contributed by atoms with E-state index >= 15 is 0 Å². The van der Waals surface area contributed by atoms with Crippen LogP contribution in [0.4, 0.5) is 0 Å². The first-order valence-electron chi connectivity index (χ1n) is 8.23. The highest BCUT2D eigenvalue weighted by Gasteiger charge is 2.62. The molecule has 0 aliphatic heterocycles. The Balaban J connectivity index is 1.98. The Morgan fingerprint density at radius 1 is 1.42 bits per heavy atom. The van der Waals surface area contributed by atoms with Crippen molar-refractivity contribution < 1.29 is 14.3 Å². The van der Waals surface area contributed by atoms with E-state index in [4.69, 9.17) is 26.8 Å². The van der Waals surface area contributed by atoms with Gasteiger partial charge in [0.2, 0.25) is 5.91 Å². The zero-order valence-corrected chi connectivity index (χ0v) is 15.5. The summed E-state index contributed by atoms with van der Waals surface area (Å²) in [5.74, 6) is -0.167. The van der Waals surface area contributed by atoms with Crippen molar-refractivity contribution in [3.05, 3.63) is 34.9 Å². The zero-order chi connectivity index (χ0) is 18.0. The molecular formula is C18H27ClN2O3. The van der Waals surface area contributed by atoms with Gasteiger partial charge in [-0.15, -0.1) is 0 Å². The number of nitrogens with one attached hydrogen (secondary N) is 1. The van der Waals surface area contributed by atoms with Crippen molar-refractivity contribution in [1.29, 1.82) is 0 Å². The summed E-state index contributed by atoms with van der Waals surface area (Å²) in [7, 11) is 1.61. The lowest BCUT2D eigenvalue weighted by atomic mass is 9.54. The number of ether oxygens (including phenoxy) is 2. The molecule has 1 saturated carbocycles. The summed E-state index contributed by atoms with van der Waals surface area (Å²) >= 11 is 5.91. The van der Waals surface area contributed by atoms with Gasteiger partial charge in [0, 0.05) is 37.1 Å². The number of methoxy groups -OCH3 is 1. The highest BCUT2D eigenvalue weighted by Crippen LogP contribution is 2.49. The molecule has 5 nitrogen and oxygen atoms in total. The first-order chi connectivity index (χ1) is 11.3. The van der Waals surface area contributed by atoms with E-state index in [0.29, 0.717) is 24.6 Å². The second-order valence-corrected chi connectivity index (χ2v) is 7.26. The Morgan fingerprint density at radius 2 is 2.04 bits per heavy atom. The summed E-state index contributed by atoms with van der Waals surface area (Å²) in [5.41, 5.74) is 6.00. The van der Waals surface area contributed by atoms with Crippen LogP contribution in [0.2, 0.25) is 5.02 Å². The Morgan fingerprint density at radius 3 is 2.54 bits per heavy atom. The molecule has 0 saturated heterocycles. The molecule has 24 heavy (non-hydrogen) atoms. The molecule has 1 aromatic rings. The third kappa shape index (κ3) is 3.45. The second kappa shape index (κ2) is 7.40. The Bertz CT molecular complexity index is 576. The average molecular weight is 355 g/mol. The van der Waals surface area contributed by atoms with Gasteiger partial charge >= 0.3 is 0 Å². The lowest BCUT2D eigenvalue weighted by Gasteiger charge is -2.57. The summed E-state index contributed by atoms with van der Waals surface area (Å²) in [6, 6.07) is 7.38. The smallest absolute Gasteiger partial charge is 0.240 e. The first-order valence-corrected chi connectivity index (χ1v) is 8.61. The fraction of sp³-hybridized carbons (Fsp3) is 0.611. The topological polar surface area (TPSA) is 73.6 Å². The van der Waals surface area contributed by atoms with Gasteiger partial charge in [-0.1, -0.05) is 37.6 Å². The molecule has 1 fully saturated rings. The van der Waals surface area contributed by atoms with E-state index in [0.717, 1.165) is 5.56 Å². The fourth-order valence-corrected chi connectivity index (χ4v) is 3.30. The van der Waals surface area contributed by atoms with E-state index in [1.807, 2.05) is 32.9 Å². The molecule has 0 spiro atoms. The summed E-state index contributed by atoms with van der Waals surface area (Å²) < 4.78 is 11.1. The van der Waals surface area contributed by atoms with Crippen LogP contribution in [0, 0.1) is 5.41 Å². The standard InChI is InChI=1S/C18H27ClN2O3/c1-5-24-15-10-18(20,17(15,2)3)16(22)21-11-14(23-4)12-6-8-13(19)9-7-12/h6-9,14-15H,5,10-11,20H2,1-4H3,(H,21,22). The molecule has 3 atom stereocenters. The molecule has 0 heterocycles. The number of hydrogen-bond acceptors (Lipinski definition) is 4. The van der Waals surface area contributed by atoms with Gasteiger partial charge in [-0.05, 0) is 24.6 Å². The number of hydrogen-bond donors (Lipinski definition) is 2. The van der Waals surface area contributed by atoms with E-state index in [1.54, 1.807) is 19.2 Å². The Hall–Kier alpha value is -1.14. The summed E-state index contributed by atoms with van der Waals surface area (Å²) in [4.78, 5) is 12.6. The number of halogens is 1. The predicted molar refractivity (Wildman–Crippen MR) is 94.9 cm³/mol. The molecule has 1 amide bonds. The number of rotatable bonds is 7. The van der Waals surface area contributed by atoms with Crippen LogP contribution in [0.1, 0.15) is 38.9 Å². The highest BCUT2D eigenvalue weighted by molar-refractivity contribution is 6.30. The number of amides is 1. The molecule has 1 aromatic carbocycles. The molecule has 0 radical (unpaired) electrons. The molecule has 6 heteroatoms. The predicted octanol–water partition coefficient (Wildman–Crippen LogP) is 2.68. The van der Waals surface area contributed by atoms with Gasteiger partial charge in [-0.25, -0.2) is 0 Å². The molecule has 1 aliphatic carbocycles. The summed E-state index contributed by atoms with van der Waals surface area (Å²) in [6.45, 7) is 6.87. The van der Waals surface area contributed by atoms with E-state index in [9.17, 15) is 4.79 Å². The van der Waals surface area contributed by atoms with Gasteiger partial charge in [-0.3, -0.25) is 4.79 Å². The SMILES string of the molecule is CCOC1CC(N)(C(=O)NCC(OC)c2ccc(Cl)cc2)C1(C)C. The molecule has 3 N–H and O–H groups in total. The number of carbonyl (C=O) groups excluding carboxylic acids is 1. The normalized spacial score (nSPS) is 26.5. The van der Waals surface area contributed by atoms with Crippen LogP contribution in [0.3, 0.4) is 0 Å². The lowest BCUT2D eigenvalue weighted by Crippen LogP contribution is -2.75. The summed E-state index contributed by atoms with van der Waals surface area (Å²) in [5, 5.41) is 3.59. The fourth-order valence-electron chi connectivity index (χ4n) is 3.18. The molecule has 1 aliphatic rings. The van der Waals surface area contributed by atoms with Gasteiger partial charge in [0.05, 0.1) is 12.2 Å². The second-order valence-electron chi connectivity index (χ2n) is 6.83. The van der Waals surface area contributed by atoms with Gasteiger partial charge in [-0.2, -0.15) is 0 Å². The van der Waals surface area contributed by atoms with E-state index < -0.39 is 11.0 Å². The average Bonchev–Trinajstić information content (AvgIpc) is 2.56. The van der Waals surface area contributed by atoms with E-state index in [-0.39, 0.29) is 18.1 Å². The van der Waals surface area contributed by atoms with Crippen molar-refractivity contribution in [2.75, 3.05) is 20.3 Å². The molecule has 0 bridgehead atoms. The number of benzene rings is 1. The summed E-state index contributed by atoms with van der Waals surface area (Å²) in [6.07, 6.45) is 0.284. The first kappa shape index (κ1) is 19.2. The Labute approximate surface area is 148 Å². The number of nitrogens with two attached hydrogens (primary N) is 1. The molecular weight excluding hydrogens is 328 g/mol. The molecule has 134 valence electrons. The largest absolute Gasteiger partial charge is 0.378 e. The molecule has 0 aromatic heterocycles.